The molecule has 2 aliphatic rings. The van der Waals surface area contributed by atoms with Crippen LogP contribution in [-0.4, -0.2) is 72.5 Å². The lowest BCUT2D eigenvalue weighted by atomic mass is 9.82. The summed E-state index contributed by atoms with van der Waals surface area (Å²) >= 11 is 0. The average Bonchev–Trinajstić information content (AvgIpc) is 2.57. The molecule has 0 aromatic rings. The molecule has 0 aromatic heterocycles. The summed E-state index contributed by atoms with van der Waals surface area (Å²) in [5.41, 5.74) is -3.71. The standard InChI is InChI=1S/C9H16O7/c1-8(15)5(12)4(11)6(13)9(8)2-3(10)7(14)16-9/h3-7,10-15H,2H2,1H3/t3-,4+,5+,6-,7-,8-,9-/m0/s1. The fourth-order valence-corrected chi connectivity index (χ4v) is 2.60. The van der Waals surface area contributed by atoms with Gasteiger partial charge in [0.25, 0.3) is 0 Å². The molecular formula is C9H16O7. The molecule has 6 N–H and O–H groups in total. The predicted molar refractivity (Wildman–Crippen MR) is 49.1 cm³/mol. The Morgan fingerprint density at radius 1 is 1.06 bits per heavy atom. The van der Waals surface area contributed by atoms with Crippen molar-refractivity contribution in [2.75, 3.05) is 0 Å². The van der Waals surface area contributed by atoms with E-state index in [0.717, 1.165) is 0 Å². The first kappa shape index (κ1) is 12.2. The maximum Gasteiger partial charge on any atom is 0.181 e. The third kappa shape index (κ3) is 1.22. The van der Waals surface area contributed by atoms with Gasteiger partial charge in [-0.1, -0.05) is 0 Å². The van der Waals surface area contributed by atoms with Crippen LogP contribution in [-0.2, 0) is 4.74 Å². The number of hydrogen-bond acceptors (Lipinski definition) is 7. The van der Waals surface area contributed by atoms with Gasteiger partial charge in [0.1, 0.15) is 35.6 Å². The number of rotatable bonds is 0. The largest absolute Gasteiger partial charge is 0.388 e. The van der Waals surface area contributed by atoms with Gasteiger partial charge in [-0.15, -0.1) is 0 Å². The zero-order chi connectivity index (χ0) is 12.3. The van der Waals surface area contributed by atoms with E-state index in [-0.39, 0.29) is 6.42 Å². The van der Waals surface area contributed by atoms with Crippen LogP contribution in [0.3, 0.4) is 0 Å². The normalized spacial score (nSPS) is 62.1. The van der Waals surface area contributed by atoms with Crippen molar-refractivity contribution in [1.82, 2.24) is 0 Å². The van der Waals surface area contributed by atoms with Crippen LogP contribution in [0.25, 0.3) is 0 Å². The van der Waals surface area contributed by atoms with Crippen LogP contribution < -0.4 is 0 Å². The summed E-state index contributed by atoms with van der Waals surface area (Å²) < 4.78 is 4.98. The van der Waals surface area contributed by atoms with Crippen LogP contribution in [0.5, 0.6) is 0 Å². The topological polar surface area (TPSA) is 131 Å². The molecule has 1 aliphatic carbocycles. The molecule has 0 unspecified atom stereocenters. The van der Waals surface area contributed by atoms with E-state index in [0.29, 0.717) is 0 Å². The van der Waals surface area contributed by atoms with Crippen LogP contribution in [0.2, 0.25) is 0 Å². The molecule has 1 aliphatic heterocycles. The number of aliphatic hydroxyl groups is 6. The van der Waals surface area contributed by atoms with E-state index in [9.17, 15) is 30.6 Å². The summed E-state index contributed by atoms with van der Waals surface area (Å²) in [6, 6.07) is 0. The molecule has 1 spiro atoms. The highest BCUT2D eigenvalue weighted by Crippen LogP contribution is 2.49. The van der Waals surface area contributed by atoms with Gasteiger partial charge in [-0.3, -0.25) is 0 Å². The molecule has 7 heteroatoms. The first-order valence-electron chi connectivity index (χ1n) is 5.04. The molecule has 94 valence electrons. The molecule has 0 bridgehead atoms. The monoisotopic (exact) mass is 236 g/mol. The van der Waals surface area contributed by atoms with E-state index in [1.54, 1.807) is 0 Å². The first-order valence-corrected chi connectivity index (χ1v) is 5.04. The summed E-state index contributed by atoms with van der Waals surface area (Å²) in [4.78, 5) is 0. The Kier molecular flexibility index (Phi) is 2.56. The van der Waals surface area contributed by atoms with Crippen molar-refractivity contribution in [2.24, 2.45) is 0 Å². The van der Waals surface area contributed by atoms with Gasteiger partial charge in [-0.25, -0.2) is 0 Å². The van der Waals surface area contributed by atoms with Crippen molar-refractivity contribution in [3.05, 3.63) is 0 Å². The summed E-state index contributed by atoms with van der Waals surface area (Å²) in [5.74, 6) is 0. The van der Waals surface area contributed by atoms with E-state index >= 15 is 0 Å². The van der Waals surface area contributed by atoms with Crippen LogP contribution in [0, 0.1) is 0 Å². The Bertz CT molecular complexity index is 282. The summed E-state index contributed by atoms with van der Waals surface area (Å²) in [5, 5.41) is 57.6. The van der Waals surface area contributed by atoms with Crippen LogP contribution in [0.15, 0.2) is 0 Å². The van der Waals surface area contributed by atoms with Gasteiger partial charge in [0.15, 0.2) is 6.29 Å². The lowest BCUT2D eigenvalue weighted by Crippen LogP contribution is -2.57. The van der Waals surface area contributed by atoms with Gasteiger partial charge < -0.3 is 35.4 Å². The number of ether oxygens (including phenoxy) is 1. The average molecular weight is 236 g/mol. The highest BCUT2D eigenvalue weighted by atomic mass is 16.7. The first-order chi connectivity index (χ1) is 7.24. The second-order valence-corrected chi connectivity index (χ2v) is 4.70. The van der Waals surface area contributed by atoms with Gasteiger partial charge in [0.2, 0.25) is 0 Å². The van der Waals surface area contributed by atoms with Crippen molar-refractivity contribution < 1.29 is 35.4 Å². The van der Waals surface area contributed by atoms with Crippen LogP contribution >= 0.6 is 0 Å². The number of aliphatic hydroxyl groups excluding tert-OH is 5. The van der Waals surface area contributed by atoms with Crippen molar-refractivity contribution in [1.29, 1.82) is 0 Å². The maximum atomic E-state index is 10.1. The van der Waals surface area contributed by atoms with Gasteiger partial charge in [-0.05, 0) is 6.92 Å². The summed E-state index contributed by atoms with van der Waals surface area (Å²) in [6.45, 7) is 1.18. The predicted octanol–water partition coefficient (Wildman–Crippen LogP) is -3.33. The van der Waals surface area contributed by atoms with E-state index in [1.165, 1.54) is 6.92 Å². The minimum Gasteiger partial charge on any atom is -0.388 e. The van der Waals surface area contributed by atoms with Crippen LogP contribution in [0.1, 0.15) is 13.3 Å². The second-order valence-electron chi connectivity index (χ2n) is 4.70. The van der Waals surface area contributed by atoms with Crippen LogP contribution in [0.4, 0.5) is 0 Å². The number of hydrogen-bond donors (Lipinski definition) is 6. The fourth-order valence-electron chi connectivity index (χ4n) is 2.60. The molecule has 0 amide bonds. The van der Waals surface area contributed by atoms with Gasteiger partial charge in [0.05, 0.1) is 0 Å². The van der Waals surface area contributed by atoms with Gasteiger partial charge in [0, 0.05) is 6.42 Å². The molecule has 2 fully saturated rings. The van der Waals surface area contributed by atoms with Crippen molar-refractivity contribution in [2.45, 2.75) is 55.3 Å². The maximum absolute atomic E-state index is 10.1. The molecule has 1 saturated carbocycles. The Hall–Kier alpha value is -0.280. The molecule has 16 heavy (non-hydrogen) atoms. The quantitative estimate of drug-likeness (QED) is 0.259. The Morgan fingerprint density at radius 2 is 1.62 bits per heavy atom. The molecule has 7 nitrogen and oxygen atoms in total. The Morgan fingerprint density at radius 3 is 1.94 bits per heavy atom. The highest BCUT2D eigenvalue weighted by molar-refractivity contribution is 5.20. The zero-order valence-electron chi connectivity index (χ0n) is 8.69. The summed E-state index contributed by atoms with van der Waals surface area (Å²) in [6.07, 6.45) is -7.88. The van der Waals surface area contributed by atoms with E-state index in [4.69, 9.17) is 4.74 Å². The zero-order valence-corrected chi connectivity index (χ0v) is 8.69. The van der Waals surface area contributed by atoms with E-state index in [2.05, 4.69) is 0 Å². The highest BCUT2D eigenvalue weighted by Gasteiger charge is 2.71. The minimum atomic E-state index is -1.95. The summed E-state index contributed by atoms with van der Waals surface area (Å²) in [7, 11) is 0. The molecule has 7 atom stereocenters. The molecule has 0 radical (unpaired) electrons. The fraction of sp³-hybridized carbons (Fsp3) is 1.00. The molecule has 1 saturated heterocycles. The second kappa shape index (κ2) is 3.36. The molecule has 1 heterocycles. The third-order valence-corrected chi connectivity index (χ3v) is 3.73. The van der Waals surface area contributed by atoms with Gasteiger partial charge >= 0.3 is 0 Å². The van der Waals surface area contributed by atoms with Gasteiger partial charge in [-0.2, -0.15) is 0 Å². The van der Waals surface area contributed by atoms with E-state index in [1.807, 2.05) is 0 Å². The van der Waals surface area contributed by atoms with Crippen molar-refractivity contribution >= 4 is 0 Å². The Balaban J connectivity index is 2.40. The Labute approximate surface area is 91.5 Å². The molecular weight excluding hydrogens is 220 g/mol. The van der Waals surface area contributed by atoms with E-state index < -0.39 is 41.9 Å². The lowest BCUT2D eigenvalue weighted by molar-refractivity contribution is -0.239. The third-order valence-electron chi connectivity index (χ3n) is 3.73. The van der Waals surface area contributed by atoms with Crippen molar-refractivity contribution in [3.63, 3.8) is 0 Å². The minimum absolute atomic E-state index is 0.267. The smallest absolute Gasteiger partial charge is 0.181 e. The SMILES string of the molecule is C[C@]1(O)[C@H](O)[C@@H](O)[C@H](O)[C@@]12C[C@H](O)[C@@H](O)O2. The van der Waals surface area contributed by atoms with Crippen molar-refractivity contribution in [3.8, 4) is 0 Å². The molecule has 0 aromatic carbocycles. The molecule has 2 rings (SSSR count). The lowest BCUT2D eigenvalue weighted by Gasteiger charge is -2.38.